The van der Waals surface area contributed by atoms with Gasteiger partial charge in [-0.25, -0.2) is 0 Å². The number of carbonyl (C=O) groups excluding carboxylic acids is 3. The van der Waals surface area contributed by atoms with E-state index in [2.05, 4.69) is 26.1 Å². The molecule has 0 rings (SSSR count). The molecule has 0 saturated carbocycles. The maximum Gasteiger partial charge on any atom is 0.138 e. The fourth-order valence-corrected chi connectivity index (χ4v) is 3.54. The number of Topliss-reactive ketones (excluding diaryl/α,β-unsaturated/α-hetero) is 3. The molecule has 1 N–H and O–H groups in total. The van der Waals surface area contributed by atoms with E-state index in [1.807, 2.05) is 62.3 Å². The fraction of sp³-hybridized carbons (Fsp3) is 0.885. The van der Waals surface area contributed by atoms with Gasteiger partial charge in [0.25, 0.3) is 0 Å². The monoisotopic (exact) mass is 423 g/mol. The lowest BCUT2D eigenvalue weighted by atomic mass is 9.75. The molecule has 0 aliphatic heterocycles. The van der Waals surface area contributed by atoms with E-state index in [9.17, 15) is 14.4 Å². The fourth-order valence-electron chi connectivity index (χ4n) is 3.54. The number of nitrogens with one attached hydrogen (secondary N) is 1. The standard InChI is InChI=1S/C26H49NO3/c1-22(2,3)19(28)13-16-26(27-25(10,11)12,17-14-20(29)23(4,5)6)18-15-21(30)24(7,8)9/h27H,13-18H2,1-12H3. The smallest absolute Gasteiger partial charge is 0.138 e. The van der Waals surface area contributed by atoms with Gasteiger partial charge >= 0.3 is 0 Å². The maximum atomic E-state index is 12.7. The van der Waals surface area contributed by atoms with Crippen LogP contribution in [0.4, 0.5) is 0 Å². The molecule has 0 atom stereocenters. The van der Waals surface area contributed by atoms with Gasteiger partial charge in [-0.2, -0.15) is 0 Å². The van der Waals surface area contributed by atoms with Gasteiger partial charge in [0.15, 0.2) is 0 Å². The van der Waals surface area contributed by atoms with Crippen molar-refractivity contribution in [1.82, 2.24) is 5.32 Å². The predicted octanol–water partition coefficient (Wildman–Crippen LogP) is 6.30. The van der Waals surface area contributed by atoms with E-state index in [0.29, 0.717) is 38.5 Å². The summed E-state index contributed by atoms with van der Waals surface area (Å²) < 4.78 is 0. The molecule has 4 nitrogen and oxygen atoms in total. The average molecular weight is 424 g/mol. The Bertz CT molecular complexity index is 530. The quantitative estimate of drug-likeness (QED) is 0.448. The van der Waals surface area contributed by atoms with Crippen LogP contribution >= 0.6 is 0 Å². The van der Waals surface area contributed by atoms with Crippen molar-refractivity contribution in [2.45, 2.75) is 133 Å². The van der Waals surface area contributed by atoms with Gasteiger partial charge in [0.05, 0.1) is 0 Å². The molecule has 0 spiro atoms. The van der Waals surface area contributed by atoms with Crippen LogP contribution in [0.5, 0.6) is 0 Å². The van der Waals surface area contributed by atoms with Crippen LogP contribution in [0.15, 0.2) is 0 Å². The van der Waals surface area contributed by atoms with Crippen LogP contribution in [-0.4, -0.2) is 28.4 Å². The molecule has 0 bridgehead atoms. The van der Waals surface area contributed by atoms with Crippen molar-refractivity contribution in [1.29, 1.82) is 0 Å². The molecule has 0 aliphatic carbocycles. The first-order valence-electron chi connectivity index (χ1n) is 11.5. The summed E-state index contributed by atoms with van der Waals surface area (Å²) >= 11 is 0. The van der Waals surface area contributed by atoms with Crippen molar-refractivity contribution in [3.8, 4) is 0 Å². The Balaban J connectivity index is 5.84. The average Bonchev–Trinajstić information content (AvgIpc) is 2.50. The maximum absolute atomic E-state index is 12.7. The van der Waals surface area contributed by atoms with Gasteiger partial charge in [-0.15, -0.1) is 0 Å². The highest BCUT2D eigenvalue weighted by molar-refractivity contribution is 5.85. The Labute approximate surface area is 186 Å². The van der Waals surface area contributed by atoms with Gasteiger partial charge in [-0.05, 0) is 40.0 Å². The molecule has 0 radical (unpaired) electrons. The third-order valence-corrected chi connectivity index (χ3v) is 5.64. The molecular formula is C26H49NO3. The number of ketones is 3. The molecule has 0 heterocycles. The predicted molar refractivity (Wildman–Crippen MR) is 127 cm³/mol. The van der Waals surface area contributed by atoms with Gasteiger partial charge in [-0.1, -0.05) is 62.3 Å². The van der Waals surface area contributed by atoms with Crippen molar-refractivity contribution >= 4 is 17.3 Å². The molecule has 0 aromatic rings. The van der Waals surface area contributed by atoms with E-state index in [-0.39, 0.29) is 22.9 Å². The zero-order valence-electron chi connectivity index (χ0n) is 22.0. The van der Waals surface area contributed by atoms with Gasteiger partial charge in [0.1, 0.15) is 17.3 Å². The first-order chi connectivity index (χ1) is 13.1. The highest BCUT2D eigenvalue weighted by atomic mass is 16.1. The van der Waals surface area contributed by atoms with Crippen LogP contribution in [0.3, 0.4) is 0 Å². The molecule has 0 amide bonds. The third-order valence-electron chi connectivity index (χ3n) is 5.64. The van der Waals surface area contributed by atoms with E-state index in [4.69, 9.17) is 0 Å². The van der Waals surface area contributed by atoms with Crippen molar-refractivity contribution in [3.63, 3.8) is 0 Å². The van der Waals surface area contributed by atoms with Crippen LogP contribution in [0.25, 0.3) is 0 Å². The second-order valence-electron chi connectivity index (χ2n) is 13.2. The largest absolute Gasteiger partial charge is 0.307 e. The molecule has 0 fully saturated rings. The summed E-state index contributed by atoms with van der Waals surface area (Å²) in [5, 5.41) is 3.73. The summed E-state index contributed by atoms with van der Waals surface area (Å²) in [6, 6.07) is 0. The number of hydrogen-bond donors (Lipinski definition) is 1. The van der Waals surface area contributed by atoms with Gasteiger partial charge < -0.3 is 5.32 Å². The minimum Gasteiger partial charge on any atom is -0.307 e. The summed E-state index contributed by atoms with van der Waals surface area (Å²) in [7, 11) is 0. The molecule has 0 aliphatic rings. The van der Waals surface area contributed by atoms with E-state index >= 15 is 0 Å². The highest BCUT2D eigenvalue weighted by Crippen LogP contribution is 2.33. The van der Waals surface area contributed by atoms with Crippen molar-refractivity contribution in [2.75, 3.05) is 0 Å². The Morgan fingerprint density at radius 1 is 0.500 bits per heavy atom. The van der Waals surface area contributed by atoms with Gasteiger partial charge in [-0.3, -0.25) is 14.4 Å². The van der Waals surface area contributed by atoms with E-state index in [1.54, 1.807) is 0 Å². The van der Waals surface area contributed by atoms with Crippen LogP contribution < -0.4 is 5.32 Å². The zero-order valence-corrected chi connectivity index (χ0v) is 22.0. The van der Waals surface area contributed by atoms with Crippen LogP contribution in [-0.2, 0) is 14.4 Å². The minimum absolute atomic E-state index is 0.194. The van der Waals surface area contributed by atoms with E-state index in [1.165, 1.54) is 0 Å². The summed E-state index contributed by atoms with van der Waals surface area (Å²) in [5.74, 6) is 0.644. The van der Waals surface area contributed by atoms with Crippen molar-refractivity contribution in [2.24, 2.45) is 16.2 Å². The number of hydrogen-bond acceptors (Lipinski definition) is 4. The lowest BCUT2D eigenvalue weighted by Crippen LogP contribution is -2.55. The zero-order chi connectivity index (χ0) is 24.2. The van der Waals surface area contributed by atoms with Crippen LogP contribution in [0.2, 0.25) is 0 Å². The second-order valence-corrected chi connectivity index (χ2v) is 13.2. The Kier molecular flexibility index (Phi) is 9.71. The molecule has 0 unspecified atom stereocenters. The van der Waals surface area contributed by atoms with Crippen molar-refractivity contribution < 1.29 is 14.4 Å². The highest BCUT2D eigenvalue weighted by Gasteiger charge is 2.38. The summed E-state index contributed by atoms with van der Waals surface area (Å²) in [4.78, 5) is 38.1. The lowest BCUT2D eigenvalue weighted by molar-refractivity contribution is -0.127. The first kappa shape index (κ1) is 29.0. The van der Waals surface area contributed by atoms with E-state index < -0.39 is 21.8 Å². The van der Waals surface area contributed by atoms with Crippen LogP contribution in [0, 0.1) is 16.2 Å². The van der Waals surface area contributed by atoms with Gasteiger partial charge in [0.2, 0.25) is 0 Å². The van der Waals surface area contributed by atoms with E-state index in [0.717, 1.165) is 0 Å². The summed E-state index contributed by atoms with van der Waals surface area (Å²) in [6.45, 7) is 23.8. The van der Waals surface area contributed by atoms with Crippen molar-refractivity contribution in [3.05, 3.63) is 0 Å². The topological polar surface area (TPSA) is 63.2 Å². The molecule has 4 heteroatoms. The Morgan fingerprint density at radius 2 is 0.733 bits per heavy atom. The first-order valence-corrected chi connectivity index (χ1v) is 11.5. The SMILES string of the molecule is CC(C)(C)NC(CCC(=O)C(C)(C)C)(CCC(=O)C(C)(C)C)CCC(=O)C(C)(C)C. The normalized spacial score (nSPS) is 14.0. The second kappa shape index (κ2) is 10.1. The Hall–Kier alpha value is -1.03. The van der Waals surface area contributed by atoms with Gasteiger partial charge in [0, 0.05) is 46.6 Å². The molecule has 0 aromatic heterocycles. The minimum atomic E-state index is -0.430. The number of carbonyl (C=O) groups is 3. The molecule has 0 saturated heterocycles. The lowest BCUT2D eigenvalue weighted by Gasteiger charge is -2.42. The Morgan fingerprint density at radius 3 is 0.900 bits per heavy atom. The summed E-state index contributed by atoms with van der Waals surface area (Å²) in [6.07, 6.45) is 3.24. The number of rotatable bonds is 10. The van der Waals surface area contributed by atoms with Crippen LogP contribution in [0.1, 0.15) is 122 Å². The summed E-state index contributed by atoms with van der Waals surface area (Å²) in [5.41, 5.74) is -1.80. The third kappa shape index (κ3) is 10.8. The molecule has 0 aromatic carbocycles. The molecule has 30 heavy (non-hydrogen) atoms. The molecule has 176 valence electrons. The molecular weight excluding hydrogens is 374 g/mol.